The van der Waals surface area contributed by atoms with E-state index in [0.717, 1.165) is 77.5 Å². The fourth-order valence-electron chi connectivity index (χ4n) is 5.03. The molecule has 0 unspecified atom stereocenters. The summed E-state index contributed by atoms with van der Waals surface area (Å²) in [5, 5.41) is 0. The smallest absolute Gasteiger partial charge is 0.222 e. The number of rotatable bonds is 9. The molecule has 2 aliphatic heterocycles. The normalized spacial score (nSPS) is 20.6. The Hall–Kier alpha value is -1.88. The highest BCUT2D eigenvalue weighted by Crippen LogP contribution is 2.23. The fourth-order valence-corrected chi connectivity index (χ4v) is 5.03. The molecule has 1 atom stereocenters. The third-order valence-electron chi connectivity index (χ3n) is 7.22. The lowest BCUT2D eigenvalue weighted by molar-refractivity contribution is -0.133. The Bertz CT molecular complexity index is 685. The molecule has 2 saturated heterocycles. The number of carbonyl (C=O) groups excluding carboxylic acids is 2. The Kier molecular flexibility index (Phi) is 9.38. The number of benzene rings is 1. The average molecular weight is 428 g/mol. The van der Waals surface area contributed by atoms with E-state index in [1.165, 1.54) is 5.56 Å². The number of hydrogen-bond acceptors (Lipinski definition) is 3. The zero-order valence-electron chi connectivity index (χ0n) is 19.6. The van der Waals surface area contributed by atoms with E-state index in [2.05, 4.69) is 41.1 Å². The van der Waals surface area contributed by atoms with Crippen LogP contribution in [-0.2, 0) is 16.0 Å². The Labute approximate surface area is 188 Å². The van der Waals surface area contributed by atoms with Crippen LogP contribution in [0.5, 0.6) is 0 Å². The molecule has 1 aromatic rings. The van der Waals surface area contributed by atoms with Crippen molar-refractivity contribution in [1.29, 1.82) is 0 Å². The van der Waals surface area contributed by atoms with Gasteiger partial charge < -0.3 is 14.7 Å². The fraction of sp³-hybridized carbons (Fsp3) is 0.692. The summed E-state index contributed by atoms with van der Waals surface area (Å²) in [6.07, 6.45) is 9.60. The second kappa shape index (κ2) is 12.2. The number of amides is 2. The van der Waals surface area contributed by atoms with E-state index in [-0.39, 0.29) is 5.91 Å². The first kappa shape index (κ1) is 23.8. The van der Waals surface area contributed by atoms with Gasteiger partial charge in [-0.3, -0.25) is 9.59 Å². The maximum Gasteiger partial charge on any atom is 0.222 e. The summed E-state index contributed by atoms with van der Waals surface area (Å²) in [6, 6.07) is 10.9. The molecule has 3 rings (SSSR count). The van der Waals surface area contributed by atoms with Crippen molar-refractivity contribution in [2.24, 2.45) is 5.92 Å². The van der Waals surface area contributed by atoms with Gasteiger partial charge in [-0.1, -0.05) is 30.3 Å². The van der Waals surface area contributed by atoms with Crippen LogP contribution in [0.2, 0.25) is 0 Å². The van der Waals surface area contributed by atoms with Crippen molar-refractivity contribution in [1.82, 2.24) is 14.7 Å². The van der Waals surface area contributed by atoms with Crippen LogP contribution in [0.25, 0.3) is 0 Å². The number of aryl methyl sites for hydroxylation is 1. The minimum atomic E-state index is 0.277. The molecule has 0 N–H and O–H groups in total. The molecule has 0 spiro atoms. The number of likely N-dealkylation sites (tertiary alicyclic amines) is 2. The molecule has 0 saturated carbocycles. The highest BCUT2D eigenvalue weighted by Gasteiger charge is 2.27. The zero-order chi connectivity index (χ0) is 22.1. The summed E-state index contributed by atoms with van der Waals surface area (Å²) in [7, 11) is 4.13. The number of nitrogens with zero attached hydrogens (tertiary/aromatic N) is 3. The van der Waals surface area contributed by atoms with Crippen LogP contribution >= 0.6 is 0 Å². The lowest BCUT2D eigenvalue weighted by atomic mass is 9.92. The summed E-state index contributed by atoms with van der Waals surface area (Å²) >= 11 is 0. The topological polar surface area (TPSA) is 43.9 Å². The van der Waals surface area contributed by atoms with Crippen molar-refractivity contribution in [3.63, 3.8) is 0 Å². The number of hydrogen-bond donors (Lipinski definition) is 0. The predicted octanol–water partition coefficient (Wildman–Crippen LogP) is 3.97. The van der Waals surface area contributed by atoms with Crippen LogP contribution in [0.4, 0.5) is 0 Å². The minimum absolute atomic E-state index is 0.277. The Morgan fingerprint density at radius 2 is 1.74 bits per heavy atom. The lowest BCUT2D eigenvalue weighted by Crippen LogP contribution is -2.44. The maximum absolute atomic E-state index is 12.7. The molecule has 0 radical (unpaired) electrons. The van der Waals surface area contributed by atoms with Crippen LogP contribution in [0, 0.1) is 5.92 Å². The highest BCUT2D eigenvalue weighted by atomic mass is 16.2. The Balaban J connectivity index is 1.33. The van der Waals surface area contributed by atoms with E-state index in [4.69, 9.17) is 0 Å². The second-order valence-electron chi connectivity index (χ2n) is 9.62. The van der Waals surface area contributed by atoms with Crippen LogP contribution in [0.1, 0.15) is 63.4 Å². The summed E-state index contributed by atoms with van der Waals surface area (Å²) in [4.78, 5) is 31.8. The molecule has 1 aromatic carbocycles. The zero-order valence-corrected chi connectivity index (χ0v) is 19.6. The number of unbranched alkanes of at least 4 members (excludes halogenated alkanes) is 1. The van der Waals surface area contributed by atoms with Crippen molar-refractivity contribution < 1.29 is 9.59 Å². The lowest BCUT2D eigenvalue weighted by Gasteiger charge is -2.36. The summed E-state index contributed by atoms with van der Waals surface area (Å²) in [6.45, 7) is 3.88. The van der Waals surface area contributed by atoms with Gasteiger partial charge in [-0.15, -0.1) is 0 Å². The molecule has 2 amide bonds. The minimum Gasteiger partial charge on any atom is -0.343 e. The van der Waals surface area contributed by atoms with Gasteiger partial charge in [0.15, 0.2) is 0 Å². The largest absolute Gasteiger partial charge is 0.343 e. The third-order valence-corrected chi connectivity index (χ3v) is 7.22. The van der Waals surface area contributed by atoms with E-state index in [9.17, 15) is 9.59 Å². The quantitative estimate of drug-likeness (QED) is 0.560. The Morgan fingerprint density at radius 1 is 1.00 bits per heavy atom. The molecular weight excluding hydrogens is 386 g/mol. The van der Waals surface area contributed by atoms with Gasteiger partial charge in [0.1, 0.15) is 0 Å². The molecule has 31 heavy (non-hydrogen) atoms. The van der Waals surface area contributed by atoms with Gasteiger partial charge in [0.2, 0.25) is 11.8 Å². The van der Waals surface area contributed by atoms with Crippen LogP contribution < -0.4 is 0 Å². The second-order valence-corrected chi connectivity index (χ2v) is 9.62. The van der Waals surface area contributed by atoms with Crippen molar-refractivity contribution in [3.05, 3.63) is 35.9 Å². The van der Waals surface area contributed by atoms with E-state index < -0.39 is 0 Å². The van der Waals surface area contributed by atoms with Gasteiger partial charge in [-0.25, -0.2) is 0 Å². The average Bonchev–Trinajstić information content (AvgIpc) is 2.81. The molecule has 2 fully saturated rings. The first-order chi connectivity index (χ1) is 15.0. The summed E-state index contributed by atoms with van der Waals surface area (Å²) < 4.78 is 0. The molecule has 0 aliphatic carbocycles. The van der Waals surface area contributed by atoms with E-state index in [1.807, 2.05) is 18.0 Å². The molecule has 0 bridgehead atoms. The van der Waals surface area contributed by atoms with Crippen molar-refractivity contribution in [2.45, 2.75) is 70.3 Å². The SMILES string of the molecule is CN1CCC(N(C)C(=O)CC[C@@H]2CCCN(C(=O)CCCCc3ccccc3)C2)CC1. The Morgan fingerprint density at radius 3 is 2.48 bits per heavy atom. The predicted molar refractivity (Wildman–Crippen MR) is 126 cm³/mol. The van der Waals surface area contributed by atoms with Crippen LogP contribution in [0.15, 0.2) is 30.3 Å². The third kappa shape index (κ3) is 7.64. The van der Waals surface area contributed by atoms with Gasteiger partial charge >= 0.3 is 0 Å². The van der Waals surface area contributed by atoms with Crippen LogP contribution in [-0.4, -0.2) is 72.8 Å². The highest BCUT2D eigenvalue weighted by molar-refractivity contribution is 5.77. The van der Waals surface area contributed by atoms with Gasteiger partial charge in [-0.2, -0.15) is 0 Å². The molecule has 5 nitrogen and oxygen atoms in total. The van der Waals surface area contributed by atoms with Crippen LogP contribution in [0.3, 0.4) is 0 Å². The van der Waals surface area contributed by atoms with Gasteiger partial charge in [0, 0.05) is 39.0 Å². The first-order valence-electron chi connectivity index (χ1n) is 12.3. The molecule has 172 valence electrons. The monoisotopic (exact) mass is 427 g/mol. The summed E-state index contributed by atoms with van der Waals surface area (Å²) in [5.41, 5.74) is 1.35. The number of piperidine rings is 2. The van der Waals surface area contributed by atoms with E-state index >= 15 is 0 Å². The number of carbonyl (C=O) groups is 2. The molecular formula is C26H41N3O2. The van der Waals surface area contributed by atoms with Crippen molar-refractivity contribution >= 4 is 11.8 Å². The standard InChI is InChI=1S/C26H41N3O2/c1-27-19-16-24(17-20-27)28(2)25(30)15-14-23-12-8-18-29(21-23)26(31)13-7-6-11-22-9-4-3-5-10-22/h3-5,9-10,23-24H,6-8,11-21H2,1-2H3/t23-/m0/s1. The molecule has 2 heterocycles. The molecule has 5 heteroatoms. The van der Waals surface area contributed by atoms with E-state index in [0.29, 0.717) is 30.7 Å². The first-order valence-corrected chi connectivity index (χ1v) is 12.3. The van der Waals surface area contributed by atoms with Gasteiger partial charge in [0.25, 0.3) is 0 Å². The van der Waals surface area contributed by atoms with Crippen molar-refractivity contribution in [3.8, 4) is 0 Å². The van der Waals surface area contributed by atoms with Gasteiger partial charge in [0.05, 0.1) is 0 Å². The molecule has 2 aliphatic rings. The summed E-state index contributed by atoms with van der Waals surface area (Å²) in [5.74, 6) is 1.04. The van der Waals surface area contributed by atoms with Crippen molar-refractivity contribution in [2.75, 3.05) is 40.3 Å². The van der Waals surface area contributed by atoms with Gasteiger partial charge in [-0.05, 0) is 83.0 Å². The maximum atomic E-state index is 12.7. The van der Waals surface area contributed by atoms with E-state index in [1.54, 1.807) is 0 Å². The molecule has 0 aromatic heterocycles.